The number of rotatable bonds is 5. The number of hydrogen-bond donors (Lipinski definition) is 1. The molecule has 2 fully saturated rings. The van der Waals surface area contributed by atoms with Crippen molar-refractivity contribution in [2.45, 2.75) is 129 Å². The van der Waals surface area contributed by atoms with Crippen LogP contribution in [0.1, 0.15) is 84.5 Å². The third-order valence-electron chi connectivity index (χ3n) is 5.90. The molecule has 0 aromatic heterocycles. The van der Waals surface area contributed by atoms with E-state index in [-0.39, 0.29) is 18.3 Å². The topological polar surface area (TPSA) is 75.6 Å². The zero-order chi connectivity index (χ0) is 23.0. The highest BCUT2D eigenvalue weighted by Gasteiger charge is 2.54. The van der Waals surface area contributed by atoms with Crippen molar-refractivity contribution in [3.8, 4) is 0 Å². The Morgan fingerprint density at radius 1 is 0.935 bits per heavy atom. The van der Waals surface area contributed by atoms with Crippen LogP contribution in [0, 0.1) is 0 Å². The highest BCUT2D eigenvalue weighted by molar-refractivity contribution is 6.80. The summed E-state index contributed by atoms with van der Waals surface area (Å²) in [4.78, 5) is 11.1. The van der Waals surface area contributed by atoms with E-state index in [4.69, 9.17) is 25.6 Å². The Morgan fingerprint density at radius 2 is 1.58 bits per heavy atom. The molecule has 1 N–H and O–H groups in total. The molecule has 7 nitrogen and oxygen atoms in total. The van der Waals surface area contributed by atoms with Crippen molar-refractivity contribution in [2.75, 3.05) is 0 Å². The Morgan fingerprint density at radius 3 is 2.23 bits per heavy atom. The standard InChI is InChI=1S/C20H46O7Si4/c1-7-8-14-19-16-11-12-17-20-15-10-9-13-18(2)22-29(4,21)26-31(6,24-20)27-30(5,23-19)25-28-3/h18-21H,7-17,28H2,1-6H3. The van der Waals surface area contributed by atoms with E-state index in [2.05, 4.69) is 13.5 Å². The molecule has 6 atom stereocenters. The maximum absolute atomic E-state index is 11.1. The van der Waals surface area contributed by atoms with Gasteiger partial charge in [0.15, 0.2) is 0 Å². The van der Waals surface area contributed by atoms with E-state index in [0.29, 0.717) is 0 Å². The van der Waals surface area contributed by atoms with Gasteiger partial charge >= 0.3 is 26.4 Å². The van der Waals surface area contributed by atoms with Gasteiger partial charge in [-0.1, -0.05) is 52.0 Å². The van der Waals surface area contributed by atoms with E-state index in [9.17, 15) is 4.80 Å². The van der Waals surface area contributed by atoms with Gasteiger partial charge in [-0.3, -0.25) is 0 Å². The van der Waals surface area contributed by atoms with Crippen LogP contribution in [0.4, 0.5) is 0 Å². The summed E-state index contributed by atoms with van der Waals surface area (Å²) in [5, 5.41) is 0. The van der Waals surface area contributed by atoms with Gasteiger partial charge in [-0.15, -0.1) is 0 Å². The van der Waals surface area contributed by atoms with Crippen molar-refractivity contribution in [3.63, 3.8) is 0 Å². The molecule has 31 heavy (non-hydrogen) atoms. The summed E-state index contributed by atoms with van der Waals surface area (Å²) in [6.07, 6.45) is 11.7. The van der Waals surface area contributed by atoms with Crippen molar-refractivity contribution >= 4 is 36.2 Å². The third-order valence-corrected chi connectivity index (χ3v) is 17.5. The third kappa shape index (κ3) is 10.2. The van der Waals surface area contributed by atoms with Crippen LogP contribution >= 0.6 is 0 Å². The monoisotopic (exact) mass is 510 g/mol. The first-order valence-electron chi connectivity index (χ1n) is 12.4. The molecule has 0 saturated carbocycles. The first-order chi connectivity index (χ1) is 14.6. The molecule has 2 bridgehead atoms. The van der Waals surface area contributed by atoms with Crippen LogP contribution in [0.15, 0.2) is 0 Å². The fraction of sp³-hybridized carbons (Fsp3) is 1.00. The van der Waals surface area contributed by atoms with Crippen molar-refractivity contribution in [2.24, 2.45) is 0 Å². The molecule has 6 unspecified atom stereocenters. The molecule has 0 aliphatic carbocycles. The summed E-state index contributed by atoms with van der Waals surface area (Å²) in [6, 6.07) is 0. The molecule has 0 amide bonds. The van der Waals surface area contributed by atoms with Crippen molar-refractivity contribution in [1.29, 1.82) is 0 Å². The van der Waals surface area contributed by atoms with Crippen LogP contribution in [0.5, 0.6) is 0 Å². The van der Waals surface area contributed by atoms with Crippen molar-refractivity contribution in [1.82, 2.24) is 0 Å². The molecule has 2 heterocycles. The first kappa shape index (κ1) is 27.8. The minimum absolute atomic E-state index is 0.0482. The zero-order valence-electron chi connectivity index (χ0n) is 20.6. The lowest BCUT2D eigenvalue weighted by atomic mass is 10.0. The molecule has 184 valence electrons. The maximum atomic E-state index is 11.1. The fourth-order valence-corrected chi connectivity index (χ4v) is 17.1. The van der Waals surface area contributed by atoms with Crippen molar-refractivity contribution in [3.05, 3.63) is 0 Å². The molecule has 2 saturated heterocycles. The Balaban J connectivity index is 2.34. The normalized spacial score (nSPS) is 42.1. The molecular formula is C20H46O7Si4. The summed E-state index contributed by atoms with van der Waals surface area (Å²) in [5.74, 6) is 0. The summed E-state index contributed by atoms with van der Waals surface area (Å²) in [5.41, 5.74) is 0. The number of unbranched alkanes of at least 4 members (excludes halogenated alkanes) is 1. The summed E-state index contributed by atoms with van der Waals surface area (Å²) in [6.45, 7) is 11.9. The van der Waals surface area contributed by atoms with Crippen LogP contribution in [-0.4, -0.2) is 59.3 Å². The van der Waals surface area contributed by atoms with Gasteiger partial charge in [0.2, 0.25) is 0 Å². The highest BCUT2D eigenvalue weighted by Crippen LogP contribution is 2.31. The van der Waals surface area contributed by atoms with Gasteiger partial charge in [0.05, 0.1) is 0 Å². The molecular weight excluding hydrogens is 465 g/mol. The van der Waals surface area contributed by atoms with Crippen LogP contribution in [0.2, 0.25) is 26.2 Å². The average Bonchev–Trinajstić information content (AvgIpc) is 2.66. The van der Waals surface area contributed by atoms with Gasteiger partial charge in [0, 0.05) is 38.0 Å². The Labute approximate surface area is 195 Å². The Bertz CT molecular complexity index is 530. The second kappa shape index (κ2) is 12.9. The van der Waals surface area contributed by atoms with Gasteiger partial charge in [-0.2, -0.15) is 0 Å². The molecule has 11 heteroatoms. The molecule has 0 spiro atoms. The average molecular weight is 511 g/mol. The van der Waals surface area contributed by atoms with Gasteiger partial charge in [-0.25, -0.2) is 0 Å². The number of fused-ring (bicyclic) bond motifs is 2. The summed E-state index contributed by atoms with van der Waals surface area (Å²) < 4.78 is 38.4. The Hall–Kier alpha value is 0.588. The van der Waals surface area contributed by atoms with Crippen molar-refractivity contribution < 1.29 is 30.4 Å². The van der Waals surface area contributed by atoms with E-state index in [1.54, 1.807) is 6.55 Å². The second-order valence-electron chi connectivity index (χ2n) is 9.38. The van der Waals surface area contributed by atoms with Crippen LogP contribution in [0.25, 0.3) is 0 Å². The SMILES string of the molecule is CCCCC1CCCCC2CCCCC(C)O[Si](C)(O)O[Si](C)(O2)O[Si](C)(O[SiH2]C)O1. The molecule has 2 aliphatic heterocycles. The maximum Gasteiger partial charge on any atom is 0.487 e. The van der Waals surface area contributed by atoms with E-state index in [1.165, 1.54) is 0 Å². The lowest BCUT2D eigenvalue weighted by Crippen LogP contribution is -2.62. The lowest BCUT2D eigenvalue weighted by molar-refractivity contribution is 0.0288. The van der Waals surface area contributed by atoms with E-state index in [0.717, 1.165) is 70.6 Å². The summed E-state index contributed by atoms with van der Waals surface area (Å²) in [7, 11) is -10.5. The number of hydrogen-bond acceptors (Lipinski definition) is 7. The van der Waals surface area contributed by atoms with Gasteiger partial charge in [0.1, 0.15) is 9.76 Å². The molecule has 0 radical (unpaired) electrons. The predicted octanol–water partition coefficient (Wildman–Crippen LogP) is 4.38. The van der Waals surface area contributed by atoms with E-state index in [1.807, 2.05) is 20.0 Å². The first-order valence-corrected chi connectivity index (χ1v) is 21.1. The van der Waals surface area contributed by atoms with E-state index >= 15 is 0 Å². The quantitative estimate of drug-likeness (QED) is 0.550. The predicted molar refractivity (Wildman–Crippen MR) is 131 cm³/mol. The lowest BCUT2D eigenvalue weighted by Gasteiger charge is -2.40. The minimum Gasteiger partial charge on any atom is -0.422 e. The Kier molecular flexibility index (Phi) is 11.6. The van der Waals surface area contributed by atoms with Crippen LogP contribution in [-0.2, 0) is 25.6 Å². The highest BCUT2D eigenvalue weighted by atomic mass is 28.5. The fourth-order valence-electron chi connectivity index (χ4n) is 4.67. The van der Waals surface area contributed by atoms with Gasteiger partial charge in [0.25, 0.3) is 0 Å². The van der Waals surface area contributed by atoms with E-state index < -0.39 is 36.2 Å². The van der Waals surface area contributed by atoms with Gasteiger partial charge < -0.3 is 30.4 Å². The zero-order valence-corrected chi connectivity index (χ0v) is 25.0. The van der Waals surface area contributed by atoms with Crippen LogP contribution in [0.3, 0.4) is 0 Å². The molecule has 2 aliphatic rings. The largest absolute Gasteiger partial charge is 0.487 e. The molecule has 0 aromatic rings. The molecule has 0 aromatic carbocycles. The minimum atomic E-state index is -3.43. The van der Waals surface area contributed by atoms with Crippen LogP contribution < -0.4 is 0 Å². The molecule has 2 rings (SSSR count). The van der Waals surface area contributed by atoms with Gasteiger partial charge in [-0.05, 0) is 39.0 Å². The second-order valence-corrected chi connectivity index (χ2v) is 18.7. The summed E-state index contributed by atoms with van der Waals surface area (Å²) >= 11 is 0. The smallest absolute Gasteiger partial charge is 0.422 e.